The molecule has 4 heteroatoms. The molecule has 4 nitrogen and oxygen atoms in total. The predicted octanol–water partition coefficient (Wildman–Crippen LogP) is 0.500. The van der Waals surface area contributed by atoms with Gasteiger partial charge in [-0.2, -0.15) is 0 Å². The molecule has 0 aromatic rings. The molecule has 1 aliphatic heterocycles. The van der Waals surface area contributed by atoms with E-state index in [2.05, 4.69) is 10.2 Å². The van der Waals surface area contributed by atoms with Gasteiger partial charge in [-0.3, -0.25) is 9.69 Å². The topological polar surface area (TPSA) is 52.6 Å². The van der Waals surface area contributed by atoms with Crippen molar-refractivity contribution in [1.82, 2.24) is 10.2 Å². The monoisotopic (exact) mass is 226 g/mol. The van der Waals surface area contributed by atoms with Crippen LogP contribution >= 0.6 is 0 Å². The molecule has 16 heavy (non-hydrogen) atoms. The fourth-order valence-electron chi connectivity index (χ4n) is 2.98. The predicted molar refractivity (Wildman–Crippen MR) is 62.1 cm³/mol. The van der Waals surface area contributed by atoms with E-state index >= 15 is 0 Å². The summed E-state index contributed by atoms with van der Waals surface area (Å²) in [6.07, 6.45) is 6.19. The van der Waals surface area contributed by atoms with Gasteiger partial charge < -0.3 is 10.4 Å². The van der Waals surface area contributed by atoms with Gasteiger partial charge in [0.15, 0.2) is 0 Å². The summed E-state index contributed by atoms with van der Waals surface area (Å²) in [6, 6.07) is 0.385. The maximum atomic E-state index is 11.8. The number of carbonyl (C=O) groups is 1. The molecule has 0 radical (unpaired) electrons. The van der Waals surface area contributed by atoms with Crippen molar-refractivity contribution < 1.29 is 9.90 Å². The van der Waals surface area contributed by atoms with Gasteiger partial charge in [-0.05, 0) is 19.8 Å². The van der Waals surface area contributed by atoms with Crippen LogP contribution in [0.2, 0.25) is 0 Å². The number of hydrogen-bond donors (Lipinski definition) is 2. The summed E-state index contributed by atoms with van der Waals surface area (Å²) < 4.78 is 0. The van der Waals surface area contributed by atoms with Crippen molar-refractivity contribution >= 4 is 5.91 Å². The van der Waals surface area contributed by atoms with Crippen LogP contribution < -0.4 is 5.32 Å². The second-order valence-electron chi connectivity index (χ2n) is 5.10. The summed E-state index contributed by atoms with van der Waals surface area (Å²) in [7, 11) is 0. The minimum atomic E-state index is -0.320. The van der Waals surface area contributed by atoms with E-state index in [9.17, 15) is 9.90 Å². The van der Waals surface area contributed by atoms with E-state index in [4.69, 9.17) is 0 Å². The summed E-state index contributed by atoms with van der Waals surface area (Å²) >= 11 is 0. The Kier molecular flexibility index (Phi) is 3.82. The highest BCUT2D eigenvalue weighted by atomic mass is 16.3. The molecule has 0 bridgehead atoms. The molecule has 1 heterocycles. The zero-order valence-electron chi connectivity index (χ0n) is 9.98. The maximum Gasteiger partial charge on any atom is 0.240 e. The molecule has 2 fully saturated rings. The molecule has 1 saturated heterocycles. The van der Waals surface area contributed by atoms with Crippen LogP contribution in [0.5, 0.6) is 0 Å². The van der Waals surface area contributed by atoms with Crippen LogP contribution in [0.15, 0.2) is 0 Å². The molecule has 2 unspecified atom stereocenters. The van der Waals surface area contributed by atoms with Crippen LogP contribution in [0.3, 0.4) is 0 Å². The average molecular weight is 226 g/mol. The van der Waals surface area contributed by atoms with Crippen molar-refractivity contribution in [3.05, 3.63) is 0 Å². The van der Waals surface area contributed by atoms with Crippen molar-refractivity contribution in [2.45, 2.75) is 57.2 Å². The molecule has 2 rings (SSSR count). The first-order valence-electron chi connectivity index (χ1n) is 6.39. The first-order valence-corrected chi connectivity index (χ1v) is 6.39. The SMILES string of the molecule is CC1CN(C2CCCCC2)C(CO)C(=O)N1. The van der Waals surface area contributed by atoms with Gasteiger partial charge in [0, 0.05) is 18.6 Å². The molecule has 0 aromatic carbocycles. The lowest BCUT2D eigenvalue weighted by Crippen LogP contribution is -2.63. The minimum Gasteiger partial charge on any atom is -0.394 e. The number of aliphatic hydroxyl groups is 1. The summed E-state index contributed by atoms with van der Waals surface area (Å²) in [6.45, 7) is 2.85. The van der Waals surface area contributed by atoms with Gasteiger partial charge in [-0.15, -0.1) is 0 Å². The quantitative estimate of drug-likeness (QED) is 0.721. The van der Waals surface area contributed by atoms with Crippen LogP contribution in [0.1, 0.15) is 39.0 Å². The third kappa shape index (κ3) is 2.38. The van der Waals surface area contributed by atoms with Crippen molar-refractivity contribution in [3.8, 4) is 0 Å². The van der Waals surface area contributed by atoms with Gasteiger partial charge in [-0.25, -0.2) is 0 Å². The van der Waals surface area contributed by atoms with Crippen LogP contribution in [0.4, 0.5) is 0 Å². The van der Waals surface area contributed by atoms with Gasteiger partial charge in [0.2, 0.25) is 5.91 Å². The highest BCUT2D eigenvalue weighted by Gasteiger charge is 2.36. The van der Waals surface area contributed by atoms with E-state index in [1.54, 1.807) is 0 Å². The number of aliphatic hydroxyl groups excluding tert-OH is 1. The number of rotatable bonds is 2. The summed E-state index contributed by atoms with van der Waals surface area (Å²) in [5, 5.41) is 12.3. The number of nitrogens with one attached hydrogen (secondary N) is 1. The smallest absolute Gasteiger partial charge is 0.240 e. The van der Waals surface area contributed by atoms with E-state index in [1.165, 1.54) is 32.1 Å². The van der Waals surface area contributed by atoms with Gasteiger partial charge >= 0.3 is 0 Å². The Morgan fingerprint density at radius 3 is 2.69 bits per heavy atom. The largest absolute Gasteiger partial charge is 0.394 e. The molecule has 1 saturated carbocycles. The molecular formula is C12H22N2O2. The molecular weight excluding hydrogens is 204 g/mol. The van der Waals surface area contributed by atoms with Crippen molar-refractivity contribution in [1.29, 1.82) is 0 Å². The zero-order valence-corrected chi connectivity index (χ0v) is 9.98. The van der Waals surface area contributed by atoms with Crippen molar-refractivity contribution in [2.75, 3.05) is 13.2 Å². The van der Waals surface area contributed by atoms with Crippen molar-refractivity contribution in [3.63, 3.8) is 0 Å². The van der Waals surface area contributed by atoms with Gasteiger partial charge in [0.1, 0.15) is 6.04 Å². The van der Waals surface area contributed by atoms with Crippen LogP contribution in [0, 0.1) is 0 Å². The maximum absolute atomic E-state index is 11.8. The first kappa shape index (κ1) is 11.9. The highest BCUT2D eigenvalue weighted by Crippen LogP contribution is 2.25. The van der Waals surface area contributed by atoms with Gasteiger partial charge in [0.25, 0.3) is 0 Å². The second kappa shape index (κ2) is 5.15. The fraction of sp³-hybridized carbons (Fsp3) is 0.917. The third-order valence-electron chi connectivity index (χ3n) is 3.79. The Balaban J connectivity index is 2.05. The van der Waals surface area contributed by atoms with Crippen molar-refractivity contribution in [2.24, 2.45) is 0 Å². The molecule has 1 aliphatic carbocycles. The normalized spacial score (nSPS) is 33.8. The molecule has 2 atom stereocenters. The van der Waals surface area contributed by atoms with E-state index in [0.717, 1.165) is 6.54 Å². The van der Waals surface area contributed by atoms with Crippen LogP contribution in [-0.4, -0.2) is 47.2 Å². The van der Waals surface area contributed by atoms with Crippen LogP contribution in [0.25, 0.3) is 0 Å². The van der Waals surface area contributed by atoms with Gasteiger partial charge in [-0.1, -0.05) is 19.3 Å². The Bertz CT molecular complexity index is 251. The Morgan fingerprint density at radius 2 is 2.06 bits per heavy atom. The Morgan fingerprint density at radius 1 is 1.38 bits per heavy atom. The van der Waals surface area contributed by atoms with E-state index < -0.39 is 0 Å². The van der Waals surface area contributed by atoms with E-state index in [0.29, 0.717) is 6.04 Å². The number of amides is 1. The Labute approximate surface area is 97.0 Å². The highest BCUT2D eigenvalue weighted by molar-refractivity contribution is 5.83. The molecule has 2 aliphatic rings. The molecule has 0 aromatic heterocycles. The lowest BCUT2D eigenvalue weighted by molar-refractivity contribution is -0.134. The number of piperazine rings is 1. The average Bonchev–Trinajstić information content (AvgIpc) is 2.29. The number of carbonyl (C=O) groups excluding carboxylic acids is 1. The lowest BCUT2D eigenvalue weighted by atomic mass is 9.92. The van der Waals surface area contributed by atoms with E-state index in [-0.39, 0.29) is 24.6 Å². The molecule has 92 valence electrons. The Hall–Kier alpha value is -0.610. The second-order valence-corrected chi connectivity index (χ2v) is 5.10. The third-order valence-corrected chi connectivity index (χ3v) is 3.79. The summed E-state index contributed by atoms with van der Waals surface area (Å²) in [5.74, 6) is -0.00757. The zero-order chi connectivity index (χ0) is 11.5. The number of hydrogen-bond acceptors (Lipinski definition) is 3. The molecule has 1 amide bonds. The number of nitrogens with zero attached hydrogens (tertiary/aromatic N) is 1. The lowest BCUT2D eigenvalue weighted by Gasteiger charge is -2.43. The summed E-state index contributed by atoms with van der Waals surface area (Å²) in [5.41, 5.74) is 0. The van der Waals surface area contributed by atoms with Crippen LogP contribution in [-0.2, 0) is 4.79 Å². The van der Waals surface area contributed by atoms with Gasteiger partial charge in [0.05, 0.1) is 6.61 Å². The first-order chi connectivity index (χ1) is 7.72. The standard InChI is InChI=1S/C12H22N2O2/c1-9-7-14(10-5-3-2-4-6-10)11(8-15)12(16)13-9/h9-11,15H,2-8H2,1H3,(H,13,16). The minimum absolute atomic E-state index is 0.00757. The summed E-state index contributed by atoms with van der Waals surface area (Å²) in [4.78, 5) is 14.0. The van der Waals surface area contributed by atoms with E-state index in [1.807, 2.05) is 6.92 Å². The molecule has 2 N–H and O–H groups in total. The molecule has 0 spiro atoms. The fourth-order valence-corrected chi connectivity index (χ4v) is 2.98.